The monoisotopic (exact) mass is 486 g/mol. The number of benzene rings is 3. The van der Waals surface area contributed by atoms with E-state index in [0.29, 0.717) is 12.4 Å². The van der Waals surface area contributed by atoms with E-state index < -0.39 is 0 Å². The van der Waals surface area contributed by atoms with Gasteiger partial charge in [0, 0.05) is 46.0 Å². The fourth-order valence-electron chi connectivity index (χ4n) is 4.51. The molecule has 0 saturated carbocycles. The molecule has 1 atom stereocenters. The zero-order valence-electron chi connectivity index (χ0n) is 20.1. The molecule has 0 aliphatic carbocycles. The van der Waals surface area contributed by atoms with Crippen molar-refractivity contribution in [3.8, 4) is 16.9 Å². The number of anilines is 2. The highest BCUT2D eigenvalue weighted by molar-refractivity contribution is 5.95. The molecular formula is C30H26N6O. The van der Waals surface area contributed by atoms with E-state index in [0.717, 1.165) is 45.3 Å². The quantitative estimate of drug-likeness (QED) is 0.249. The molecule has 6 aromatic rings. The minimum absolute atomic E-state index is 0.145. The molecule has 6 rings (SSSR count). The molecule has 3 aromatic carbocycles. The van der Waals surface area contributed by atoms with Gasteiger partial charge < -0.3 is 20.8 Å². The number of nitrogens with two attached hydrogens (primary N) is 1. The maximum atomic E-state index is 6.42. The molecule has 0 aliphatic rings. The lowest BCUT2D eigenvalue weighted by Crippen LogP contribution is -2.30. The van der Waals surface area contributed by atoms with Gasteiger partial charge in [0.2, 0.25) is 0 Å². The number of hydrogen-bond donors (Lipinski definition) is 3. The highest BCUT2D eigenvalue weighted by atomic mass is 16.5. The van der Waals surface area contributed by atoms with Crippen LogP contribution in [0.25, 0.3) is 32.9 Å². The van der Waals surface area contributed by atoms with Crippen LogP contribution in [0.15, 0.2) is 104 Å². The summed E-state index contributed by atoms with van der Waals surface area (Å²) in [5.41, 5.74) is 13.4. The van der Waals surface area contributed by atoms with E-state index in [1.54, 1.807) is 12.4 Å². The number of fused-ring (bicyclic) bond motifs is 2. The Balaban J connectivity index is 1.19. The summed E-state index contributed by atoms with van der Waals surface area (Å²) in [6.45, 7) is 0.392. The third kappa shape index (κ3) is 4.98. The molecule has 7 nitrogen and oxygen atoms in total. The average molecular weight is 487 g/mol. The lowest BCUT2D eigenvalue weighted by atomic mass is 10.0. The van der Waals surface area contributed by atoms with Crippen LogP contribution in [0.3, 0.4) is 0 Å². The largest absolute Gasteiger partial charge is 0.490 e. The molecule has 0 spiro atoms. The van der Waals surface area contributed by atoms with Gasteiger partial charge in [-0.25, -0.2) is 0 Å². The van der Waals surface area contributed by atoms with Crippen molar-refractivity contribution in [2.24, 2.45) is 5.73 Å². The molecule has 0 amide bonds. The van der Waals surface area contributed by atoms with Gasteiger partial charge in [-0.2, -0.15) is 10.2 Å². The summed E-state index contributed by atoms with van der Waals surface area (Å²) in [7, 11) is 0. The molecular weight excluding hydrogens is 460 g/mol. The number of aromatic amines is 1. The van der Waals surface area contributed by atoms with Crippen LogP contribution >= 0.6 is 0 Å². The summed E-state index contributed by atoms with van der Waals surface area (Å²) in [6, 6.07) is 26.2. The second-order valence-corrected chi connectivity index (χ2v) is 9.03. The minimum atomic E-state index is -0.145. The van der Waals surface area contributed by atoms with E-state index in [-0.39, 0.29) is 6.04 Å². The predicted molar refractivity (Wildman–Crippen MR) is 148 cm³/mol. The van der Waals surface area contributed by atoms with Crippen molar-refractivity contribution >= 4 is 33.2 Å². The lowest BCUT2D eigenvalue weighted by molar-refractivity contribution is 0.287. The van der Waals surface area contributed by atoms with Crippen molar-refractivity contribution in [1.29, 1.82) is 0 Å². The maximum absolute atomic E-state index is 6.42. The van der Waals surface area contributed by atoms with Gasteiger partial charge in [-0.1, -0.05) is 42.5 Å². The first-order valence-electron chi connectivity index (χ1n) is 12.2. The van der Waals surface area contributed by atoms with Crippen LogP contribution in [0.5, 0.6) is 5.75 Å². The fraction of sp³-hybridized carbons (Fsp3) is 0.100. The summed E-state index contributed by atoms with van der Waals surface area (Å²) < 4.78 is 6.05. The summed E-state index contributed by atoms with van der Waals surface area (Å²) in [6.07, 6.45) is 8.04. The number of rotatable bonds is 8. The molecule has 0 fully saturated rings. The third-order valence-corrected chi connectivity index (χ3v) is 6.36. The molecule has 7 heteroatoms. The molecule has 0 saturated heterocycles. The van der Waals surface area contributed by atoms with E-state index in [9.17, 15) is 0 Å². The zero-order valence-corrected chi connectivity index (χ0v) is 20.1. The number of nitrogens with zero attached hydrogens (tertiary/aromatic N) is 3. The molecule has 37 heavy (non-hydrogen) atoms. The van der Waals surface area contributed by atoms with E-state index in [1.807, 2.05) is 73.1 Å². The lowest BCUT2D eigenvalue weighted by Gasteiger charge is -2.14. The van der Waals surface area contributed by atoms with Gasteiger partial charge in [0.1, 0.15) is 12.4 Å². The van der Waals surface area contributed by atoms with Crippen LogP contribution in [-0.4, -0.2) is 32.8 Å². The molecule has 182 valence electrons. The Morgan fingerprint density at radius 2 is 1.73 bits per heavy atom. The predicted octanol–water partition coefficient (Wildman–Crippen LogP) is 5.87. The highest BCUT2D eigenvalue weighted by Crippen LogP contribution is 2.30. The Bertz CT molecular complexity index is 1660. The Kier molecular flexibility index (Phi) is 6.19. The Labute approximate surface area is 214 Å². The molecule has 4 N–H and O–H groups in total. The van der Waals surface area contributed by atoms with Crippen molar-refractivity contribution in [3.05, 3.63) is 109 Å². The first-order chi connectivity index (χ1) is 18.2. The number of H-pyrrole nitrogens is 1. The normalized spacial score (nSPS) is 12.0. The smallest absolute Gasteiger partial charge is 0.138 e. The number of para-hydroxylation sites is 2. The Hall–Kier alpha value is -4.75. The van der Waals surface area contributed by atoms with Gasteiger partial charge >= 0.3 is 0 Å². The van der Waals surface area contributed by atoms with Crippen molar-refractivity contribution in [2.45, 2.75) is 12.5 Å². The molecule has 0 aliphatic heterocycles. The number of nitrogens with one attached hydrogen (secondary N) is 2. The molecule has 1 unspecified atom stereocenters. The summed E-state index contributed by atoms with van der Waals surface area (Å²) >= 11 is 0. The van der Waals surface area contributed by atoms with Gasteiger partial charge in [0.05, 0.1) is 23.6 Å². The fourth-order valence-corrected chi connectivity index (χ4v) is 4.51. The minimum Gasteiger partial charge on any atom is -0.490 e. The summed E-state index contributed by atoms with van der Waals surface area (Å²) in [5, 5.41) is 14.1. The molecule has 0 bridgehead atoms. The SMILES string of the molecule is NC(COc1cncc(-c2ccc3nncc(Nc4ccccc4)c3c2)c1)Cc1c[nH]c2ccccc12. The highest BCUT2D eigenvalue weighted by Gasteiger charge is 2.11. The van der Waals surface area contributed by atoms with E-state index >= 15 is 0 Å². The van der Waals surface area contributed by atoms with Crippen LogP contribution < -0.4 is 15.8 Å². The number of pyridine rings is 1. The first kappa shape index (κ1) is 22.7. The van der Waals surface area contributed by atoms with Gasteiger partial charge in [-0.05, 0) is 53.9 Å². The number of hydrogen-bond acceptors (Lipinski definition) is 6. The maximum Gasteiger partial charge on any atom is 0.138 e. The summed E-state index contributed by atoms with van der Waals surface area (Å²) in [5.74, 6) is 0.683. The van der Waals surface area contributed by atoms with Gasteiger partial charge in [-0.15, -0.1) is 0 Å². The molecule has 0 radical (unpaired) electrons. The number of ether oxygens (including phenoxy) is 1. The Morgan fingerprint density at radius 1 is 0.865 bits per heavy atom. The van der Waals surface area contributed by atoms with Crippen LogP contribution in [0.1, 0.15) is 5.56 Å². The standard InChI is InChI=1S/C30H26N6O/c31-23(12-22-16-33-28-9-5-4-8-26(22)28)19-37-25-13-21(15-32-17-25)20-10-11-29-27(14-20)30(18-34-36-29)35-24-6-2-1-3-7-24/h1-11,13-18,23,33H,12,19,31H2,(H,35,36). The van der Waals surface area contributed by atoms with Gasteiger partial charge in [-0.3, -0.25) is 4.98 Å². The van der Waals surface area contributed by atoms with E-state index in [1.165, 1.54) is 10.9 Å². The first-order valence-corrected chi connectivity index (χ1v) is 12.2. The topological polar surface area (TPSA) is 102 Å². The van der Waals surface area contributed by atoms with Crippen molar-refractivity contribution in [1.82, 2.24) is 20.2 Å². The summed E-state index contributed by atoms with van der Waals surface area (Å²) in [4.78, 5) is 7.72. The second-order valence-electron chi connectivity index (χ2n) is 9.03. The van der Waals surface area contributed by atoms with Crippen LogP contribution in [0, 0.1) is 0 Å². The molecule has 3 heterocycles. The zero-order chi connectivity index (χ0) is 25.0. The van der Waals surface area contributed by atoms with Gasteiger partial charge in [0.15, 0.2) is 0 Å². The van der Waals surface area contributed by atoms with Crippen molar-refractivity contribution in [3.63, 3.8) is 0 Å². The van der Waals surface area contributed by atoms with Crippen molar-refractivity contribution in [2.75, 3.05) is 11.9 Å². The Morgan fingerprint density at radius 3 is 2.65 bits per heavy atom. The van der Waals surface area contributed by atoms with Gasteiger partial charge in [0.25, 0.3) is 0 Å². The molecule has 3 aromatic heterocycles. The van der Waals surface area contributed by atoms with Crippen molar-refractivity contribution < 1.29 is 4.74 Å². The average Bonchev–Trinajstić information content (AvgIpc) is 3.35. The van der Waals surface area contributed by atoms with Crippen LogP contribution in [0.2, 0.25) is 0 Å². The van der Waals surface area contributed by atoms with E-state index in [2.05, 4.69) is 43.7 Å². The van der Waals surface area contributed by atoms with Crippen LogP contribution in [0.4, 0.5) is 11.4 Å². The van der Waals surface area contributed by atoms with E-state index in [4.69, 9.17) is 10.5 Å². The third-order valence-electron chi connectivity index (χ3n) is 6.36. The number of aromatic nitrogens is 4. The van der Waals surface area contributed by atoms with Crippen LogP contribution in [-0.2, 0) is 6.42 Å². The second kappa shape index (κ2) is 10.1.